The Bertz CT molecular complexity index is 1150. The molecule has 0 spiro atoms. The zero-order valence-electron chi connectivity index (χ0n) is 18.3. The normalized spacial score (nSPS) is 17.8. The predicted molar refractivity (Wildman–Crippen MR) is 116 cm³/mol. The van der Waals surface area contributed by atoms with Crippen LogP contribution in [0.5, 0.6) is 11.5 Å². The number of fused-ring (bicyclic) bond motifs is 2. The Morgan fingerprint density at radius 2 is 1.94 bits per heavy atom. The van der Waals surface area contributed by atoms with Gasteiger partial charge in [-0.2, -0.15) is 0 Å². The number of nitrogens with one attached hydrogen (secondary N) is 1. The molecule has 1 N–H and O–H groups in total. The number of aromatic amines is 1. The molecule has 170 valence electrons. The lowest BCUT2D eigenvalue weighted by Crippen LogP contribution is -2.49. The van der Waals surface area contributed by atoms with Gasteiger partial charge in [-0.15, -0.1) is 5.10 Å². The van der Waals surface area contributed by atoms with E-state index in [9.17, 15) is 4.79 Å². The molecular weight excluding hydrogens is 414 g/mol. The van der Waals surface area contributed by atoms with E-state index in [1.807, 2.05) is 12.1 Å². The Balaban J connectivity index is 1.59. The molecule has 0 radical (unpaired) electrons. The summed E-state index contributed by atoms with van der Waals surface area (Å²) in [7, 11) is 1.64. The maximum atomic E-state index is 13.3. The minimum Gasteiger partial charge on any atom is -0.454 e. The van der Waals surface area contributed by atoms with Crippen LogP contribution < -0.4 is 15.0 Å². The van der Waals surface area contributed by atoms with Crippen molar-refractivity contribution in [2.45, 2.75) is 19.5 Å². The molecule has 2 aliphatic rings. The van der Waals surface area contributed by atoms with E-state index in [1.165, 1.54) is 0 Å². The Kier molecular flexibility index (Phi) is 5.77. The standard InChI is InChI=1S/C21H27N7O4/c1-3-26-4-6-27(7-5-26)19(20-23-24-25-28(20)8-9-30-2)15-10-14-11-17-18(32-13-31-17)12-16(14)22-21(15)29/h10-12,19H,3-9,13H2,1-2H3,(H,22,29)/t19-/m0/s1. The fourth-order valence-electron chi connectivity index (χ4n) is 4.40. The Hall–Kier alpha value is -3.02. The highest BCUT2D eigenvalue weighted by molar-refractivity contribution is 5.83. The highest BCUT2D eigenvalue weighted by Crippen LogP contribution is 2.36. The SMILES string of the molecule is CCN1CCN([C@@H](c2cc3cc4c(cc3[nH]c2=O)OCO4)c2nnnn2CCOC)CC1. The fourth-order valence-corrected chi connectivity index (χ4v) is 4.40. The smallest absolute Gasteiger partial charge is 0.253 e. The summed E-state index contributed by atoms with van der Waals surface area (Å²) in [6, 6.07) is 5.25. The Morgan fingerprint density at radius 3 is 2.69 bits per heavy atom. The molecule has 0 bridgehead atoms. The fraction of sp³-hybridized carbons (Fsp3) is 0.524. The topological polar surface area (TPSA) is 111 Å². The first-order chi connectivity index (χ1) is 15.7. The molecule has 0 aliphatic carbocycles. The van der Waals surface area contributed by atoms with Gasteiger partial charge in [-0.1, -0.05) is 6.92 Å². The number of nitrogens with zero attached hydrogens (tertiary/aromatic N) is 6. The second kappa shape index (κ2) is 8.85. The van der Waals surface area contributed by atoms with Gasteiger partial charge in [0.1, 0.15) is 6.04 Å². The van der Waals surface area contributed by atoms with Crippen molar-refractivity contribution in [1.29, 1.82) is 0 Å². The first-order valence-electron chi connectivity index (χ1n) is 10.9. The lowest BCUT2D eigenvalue weighted by Gasteiger charge is -2.38. The first-order valence-corrected chi connectivity index (χ1v) is 10.9. The van der Waals surface area contributed by atoms with Gasteiger partial charge in [-0.25, -0.2) is 4.68 Å². The number of benzene rings is 1. The van der Waals surface area contributed by atoms with Crippen LogP contribution in [0.15, 0.2) is 23.0 Å². The van der Waals surface area contributed by atoms with Gasteiger partial charge < -0.3 is 24.1 Å². The molecule has 1 aromatic carbocycles. The molecule has 3 aromatic rings. The number of piperazine rings is 1. The van der Waals surface area contributed by atoms with Gasteiger partial charge in [0, 0.05) is 50.3 Å². The van der Waals surface area contributed by atoms with Crippen molar-refractivity contribution in [2.24, 2.45) is 0 Å². The van der Waals surface area contributed by atoms with Crippen LogP contribution in [-0.4, -0.2) is 88.2 Å². The average molecular weight is 441 g/mol. The van der Waals surface area contributed by atoms with E-state index in [2.05, 4.69) is 37.2 Å². The van der Waals surface area contributed by atoms with Crippen LogP contribution in [0.25, 0.3) is 10.9 Å². The summed E-state index contributed by atoms with van der Waals surface area (Å²) in [5.41, 5.74) is 1.15. The Labute approximate surface area is 184 Å². The number of rotatable bonds is 7. The second-order valence-electron chi connectivity index (χ2n) is 7.97. The average Bonchev–Trinajstić information content (AvgIpc) is 3.46. The van der Waals surface area contributed by atoms with Crippen LogP contribution in [0.1, 0.15) is 24.4 Å². The number of methoxy groups -OCH3 is 1. The quantitative estimate of drug-likeness (QED) is 0.564. The van der Waals surface area contributed by atoms with Gasteiger partial charge in [0.2, 0.25) is 6.79 Å². The van der Waals surface area contributed by atoms with E-state index in [-0.39, 0.29) is 18.4 Å². The highest BCUT2D eigenvalue weighted by Gasteiger charge is 2.32. The lowest BCUT2D eigenvalue weighted by atomic mass is 10.0. The molecule has 2 aliphatic heterocycles. The van der Waals surface area contributed by atoms with E-state index >= 15 is 0 Å². The number of likely N-dealkylation sites (N-methyl/N-ethyl adjacent to an activating group) is 1. The molecule has 4 heterocycles. The van der Waals surface area contributed by atoms with Crippen molar-refractivity contribution in [3.63, 3.8) is 0 Å². The summed E-state index contributed by atoms with van der Waals surface area (Å²) in [5, 5.41) is 13.3. The molecular formula is C21H27N7O4. The van der Waals surface area contributed by atoms with Gasteiger partial charge in [-0.3, -0.25) is 9.69 Å². The van der Waals surface area contributed by atoms with E-state index in [0.29, 0.717) is 41.6 Å². The zero-order chi connectivity index (χ0) is 22.1. The van der Waals surface area contributed by atoms with Crippen LogP contribution in [0.2, 0.25) is 0 Å². The maximum Gasteiger partial charge on any atom is 0.253 e. The summed E-state index contributed by atoms with van der Waals surface area (Å²) >= 11 is 0. The molecule has 1 fully saturated rings. The molecule has 32 heavy (non-hydrogen) atoms. The summed E-state index contributed by atoms with van der Waals surface area (Å²) in [6.45, 7) is 7.82. The van der Waals surface area contributed by atoms with Crippen LogP contribution >= 0.6 is 0 Å². The van der Waals surface area contributed by atoms with Gasteiger partial charge in [-0.05, 0) is 29.1 Å². The minimum absolute atomic E-state index is 0.166. The molecule has 11 heteroatoms. The van der Waals surface area contributed by atoms with Crippen LogP contribution in [0.4, 0.5) is 0 Å². The maximum absolute atomic E-state index is 13.3. The predicted octanol–water partition coefficient (Wildman–Crippen LogP) is 0.617. The molecule has 1 saturated heterocycles. The largest absolute Gasteiger partial charge is 0.454 e. The van der Waals surface area contributed by atoms with E-state index < -0.39 is 0 Å². The van der Waals surface area contributed by atoms with E-state index in [1.54, 1.807) is 17.9 Å². The lowest BCUT2D eigenvalue weighted by molar-refractivity contribution is 0.106. The molecule has 0 amide bonds. The van der Waals surface area contributed by atoms with Crippen molar-refractivity contribution in [3.8, 4) is 11.5 Å². The molecule has 11 nitrogen and oxygen atoms in total. The van der Waals surface area contributed by atoms with Crippen molar-refractivity contribution in [2.75, 3.05) is 53.2 Å². The summed E-state index contributed by atoms with van der Waals surface area (Å²) in [5.74, 6) is 1.95. The highest BCUT2D eigenvalue weighted by atomic mass is 16.7. The van der Waals surface area contributed by atoms with Gasteiger partial charge >= 0.3 is 0 Å². The zero-order valence-corrected chi connectivity index (χ0v) is 18.3. The summed E-state index contributed by atoms with van der Waals surface area (Å²) in [6.07, 6.45) is 0. The number of ether oxygens (including phenoxy) is 3. The minimum atomic E-state index is -0.376. The van der Waals surface area contributed by atoms with Crippen molar-refractivity contribution in [1.82, 2.24) is 35.0 Å². The number of hydrogen-bond donors (Lipinski definition) is 1. The van der Waals surface area contributed by atoms with E-state index in [4.69, 9.17) is 14.2 Å². The Morgan fingerprint density at radius 1 is 1.16 bits per heavy atom. The monoisotopic (exact) mass is 441 g/mol. The van der Waals surface area contributed by atoms with Gasteiger partial charge in [0.25, 0.3) is 5.56 Å². The second-order valence-corrected chi connectivity index (χ2v) is 7.97. The molecule has 1 atom stereocenters. The third kappa shape index (κ3) is 3.83. The van der Waals surface area contributed by atoms with Crippen molar-refractivity contribution in [3.05, 3.63) is 39.9 Å². The van der Waals surface area contributed by atoms with Gasteiger partial charge in [0.15, 0.2) is 17.3 Å². The van der Waals surface area contributed by atoms with E-state index in [0.717, 1.165) is 38.1 Å². The van der Waals surface area contributed by atoms with Crippen LogP contribution in [0.3, 0.4) is 0 Å². The summed E-state index contributed by atoms with van der Waals surface area (Å²) in [4.78, 5) is 21.0. The third-order valence-electron chi connectivity index (χ3n) is 6.19. The number of hydrogen-bond acceptors (Lipinski definition) is 9. The summed E-state index contributed by atoms with van der Waals surface area (Å²) < 4.78 is 17.9. The molecule has 2 aromatic heterocycles. The molecule has 0 unspecified atom stereocenters. The van der Waals surface area contributed by atoms with Crippen LogP contribution in [0, 0.1) is 0 Å². The van der Waals surface area contributed by atoms with Gasteiger partial charge in [0.05, 0.1) is 18.7 Å². The number of H-pyrrole nitrogens is 1. The third-order valence-corrected chi connectivity index (χ3v) is 6.19. The number of tetrazole rings is 1. The van der Waals surface area contributed by atoms with Crippen molar-refractivity contribution >= 4 is 10.9 Å². The number of aromatic nitrogens is 5. The number of pyridine rings is 1. The molecule has 5 rings (SSSR count). The molecule has 0 saturated carbocycles. The first kappa shape index (κ1) is 20.9. The van der Waals surface area contributed by atoms with Crippen molar-refractivity contribution < 1.29 is 14.2 Å². The van der Waals surface area contributed by atoms with Crippen LogP contribution in [-0.2, 0) is 11.3 Å².